The summed E-state index contributed by atoms with van der Waals surface area (Å²) in [6, 6.07) is 11.0. The number of unbranched alkanes of at least 4 members (excludes halogenated alkanes) is 27. The highest BCUT2D eigenvalue weighted by molar-refractivity contribution is 5.31. The van der Waals surface area contributed by atoms with Gasteiger partial charge in [0, 0.05) is 6.42 Å². The molecule has 0 bridgehead atoms. The van der Waals surface area contributed by atoms with Crippen LogP contribution in [0.15, 0.2) is 42.7 Å². The average Bonchev–Trinajstić information content (AvgIpc) is 3.45. The van der Waals surface area contributed by atoms with Gasteiger partial charge in [0.25, 0.3) is 5.82 Å². The van der Waals surface area contributed by atoms with Gasteiger partial charge in [-0.3, -0.25) is 0 Å². The molecule has 0 saturated heterocycles. The van der Waals surface area contributed by atoms with Gasteiger partial charge in [-0.05, 0) is 31.4 Å². The Morgan fingerprint density at radius 3 is 1.20 bits per heavy atom. The molecule has 0 amide bonds. The topological polar surface area (TPSA) is 8.81 Å². The molecule has 2 rings (SSSR count). The van der Waals surface area contributed by atoms with Crippen LogP contribution in [0.4, 0.5) is 0 Å². The maximum atomic E-state index is 2.57. The summed E-state index contributed by atoms with van der Waals surface area (Å²) in [5.74, 6) is 1.50. The molecule has 252 valence electrons. The first-order chi connectivity index (χ1) is 21.9. The highest BCUT2D eigenvalue weighted by Gasteiger charge is 2.18. The standard InChI is InChI=1S/C42H75N2/c1-3-5-7-9-11-13-15-17-18-19-20-21-22-24-26-28-33-37-42-43(39-40-44(42)41-35-31-30-32-36-41)38-34-29-27-25-23-16-14-12-10-8-6-4-2/h30-32,35-36,39-40H,3-29,33-34,37-38H2,1-2H3/q+1. The molecule has 0 aliphatic carbocycles. The molecular weight excluding hydrogens is 532 g/mol. The number of rotatable bonds is 32. The fourth-order valence-corrected chi connectivity index (χ4v) is 6.88. The number of para-hydroxylation sites is 1. The number of nitrogens with zero attached hydrogens (tertiary/aromatic N) is 2. The fraction of sp³-hybridized carbons (Fsp3) is 0.786. The zero-order chi connectivity index (χ0) is 31.2. The van der Waals surface area contributed by atoms with Gasteiger partial charge in [0.1, 0.15) is 18.1 Å². The third-order valence-corrected chi connectivity index (χ3v) is 9.80. The van der Waals surface area contributed by atoms with Crippen LogP contribution >= 0.6 is 0 Å². The van der Waals surface area contributed by atoms with E-state index >= 15 is 0 Å². The Morgan fingerprint density at radius 2 is 0.795 bits per heavy atom. The van der Waals surface area contributed by atoms with Crippen molar-refractivity contribution >= 4 is 0 Å². The van der Waals surface area contributed by atoms with Crippen molar-refractivity contribution in [3.05, 3.63) is 48.5 Å². The van der Waals surface area contributed by atoms with Crippen LogP contribution in [-0.4, -0.2) is 4.57 Å². The number of imidazole rings is 1. The lowest BCUT2D eigenvalue weighted by Crippen LogP contribution is -2.37. The minimum Gasteiger partial charge on any atom is -0.234 e. The molecule has 0 radical (unpaired) electrons. The summed E-state index contributed by atoms with van der Waals surface area (Å²) in [7, 11) is 0. The number of benzene rings is 1. The van der Waals surface area contributed by atoms with Gasteiger partial charge < -0.3 is 0 Å². The zero-order valence-electron chi connectivity index (χ0n) is 29.9. The van der Waals surface area contributed by atoms with E-state index in [4.69, 9.17) is 0 Å². The second-order valence-corrected chi connectivity index (χ2v) is 13.9. The second-order valence-electron chi connectivity index (χ2n) is 13.9. The molecule has 0 fully saturated rings. The Labute approximate surface area is 275 Å². The first kappa shape index (κ1) is 38.6. The van der Waals surface area contributed by atoms with Crippen molar-refractivity contribution in [2.75, 3.05) is 0 Å². The summed E-state index contributed by atoms with van der Waals surface area (Å²) in [6.07, 6.45) is 47.2. The lowest BCUT2D eigenvalue weighted by atomic mass is 10.0. The fourth-order valence-electron chi connectivity index (χ4n) is 6.88. The highest BCUT2D eigenvalue weighted by atomic mass is 15.1. The van der Waals surface area contributed by atoms with E-state index in [1.165, 1.54) is 211 Å². The molecule has 0 saturated carbocycles. The Bertz CT molecular complexity index is 854. The lowest BCUT2D eigenvalue weighted by Gasteiger charge is -2.07. The maximum Gasteiger partial charge on any atom is 0.261 e. The number of aromatic nitrogens is 2. The van der Waals surface area contributed by atoms with E-state index in [2.05, 4.69) is 65.7 Å². The molecule has 0 N–H and O–H groups in total. The summed E-state index contributed by atoms with van der Waals surface area (Å²) in [6.45, 7) is 5.79. The van der Waals surface area contributed by atoms with E-state index in [0.29, 0.717) is 0 Å². The van der Waals surface area contributed by atoms with Gasteiger partial charge in [-0.15, -0.1) is 0 Å². The van der Waals surface area contributed by atoms with E-state index in [-0.39, 0.29) is 0 Å². The molecular formula is C42H75N2+. The van der Waals surface area contributed by atoms with Crippen LogP contribution in [0.1, 0.15) is 206 Å². The van der Waals surface area contributed by atoms with E-state index in [0.717, 1.165) is 0 Å². The number of hydrogen-bond donors (Lipinski definition) is 0. The minimum atomic E-state index is 1.17. The normalized spacial score (nSPS) is 11.5. The van der Waals surface area contributed by atoms with Crippen LogP contribution in [0.25, 0.3) is 5.69 Å². The molecule has 0 aliphatic heterocycles. The maximum absolute atomic E-state index is 2.57. The van der Waals surface area contributed by atoms with Crippen molar-refractivity contribution in [1.29, 1.82) is 0 Å². The average molecular weight is 608 g/mol. The summed E-state index contributed by atoms with van der Waals surface area (Å²) in [5.41, 5.74) is 1.31. The quantitative estimate of drug-likeness (QED) is 0.0578. The van der Waals surface area contributed by atoms with Crippen LogP contribution in [0.5, 0.6) is 0 Å². The van der Waals surface area contributed by atoms with Crippen molar-refractivity contribution < 1.29 is 4.57 Å². The first-order valence-corrected chi connectivity index (χ1v) is 20.0. The van der Waals surface area contributed by atoms with Gasteiger partial charge >= 0.3 is 0 Å². The summed E-state index contributed by atoms with van der Waals surface area (Å²) in [5, 5.41) is 0. The van der Waals surface area contributed by atoms with Crippen LogP contribution < -0.4 is 4.57 Å². The molecule has 1 heterocycles. The van der Waals surface area contributed by atoms with E-state index in [9.17, 15) is 0 Å². The highest BCUT2D eigenvalue weighted by Crippen LogP contribution is 2.17. The van der Waals surface area contributed by atoms with Gasteiger partial charge in [-0.25, -0.2) is 4.57 Å². The summed E-state index contributed by atoms with van der Waals surface area (Å²) < 4.78 is 5.02. The van der Waals surface area contributed by atoms with E-state index in [1.54, 1.807) is 0 Å². The van der Waals surface area contributed by atoms with Crippen LogP contribution in [0, 0.1) is 0 Å². The van der Waals surface area contributed by atoms with Crippen LogP contribution in [0.3, 0.4) is 0 Å². The lowest BCUT2D eigenvalue weighted by molar-refractivity contribution is -0.704. The predicted molar refractivity (Wildman–Crippen MR) is 195 cm³/mol. The van der Waals surface area contributed by atoms with Gasteiger partial charge in [-0.2, -0.15) is 4.57 Å². The minimum absolute atomic E-state index is 1.17. The molecule has 0 unspecified atom stereocenters. The molecule has 44 heavy (non-hydrogen) atoms. The van der Waals surface area contributed by atoms with Gasteiger partial charge in [0.15, 0.2) is 0 Å². The molecule has 0 spiro atoms. The molecule has 2 nitrogen and oxygen atoms in total. The van der Waals surface area contributed by atoms with E-state index in [1.807, 2.05) is 0 Å². The Kier molecular flexibility index (Phi) is 25.3. The molecule has 0 aliphatic rings. The smallest absolute Gasteiger partial charge is 0.234 e. The number of hydrogen-bond acceptors (Lipinski definition) is 0. The van der Waals surface area contributed by atoms with Gasteiger partial charge in [-0.1, -0.05) is 199 Å². The Morgan fingerprint density at radius 1 is 0.432 bits per heavy atom. The van der Waals surface area contributed by atoms with Crippen molar-refractivity contribution in [2.24, 2.45) is 0 Å². The van der Waals surface area contributed by atoms with Gasteiger partial charge in [0.05, 0.1) is 6.54 Å². The molecule has 0 atom stereocenters. The summed E-state index contributed by atoms with van der Waals surface area (Å²) >= 11 is 0. The summed E-state index contributed by atoms with van der Waals surface area (Å²) in [4.78, 5) is 0. The van der Waals surface area contributed by atoms with Gasteiger partial charge in [0.2, 0.25) is 0 Å². The Balaban J connectivity index is 1.54. The SMILES string of the molecule is CCCCCCCCCCCCCCCCCCCc1n(-c2ccccc2)cc[n+]1CCCCCCCCCCCCCC. The van der Waals surface area contributed by atoms with Crippen molar-refractivity contribution in [3.63, 3.8) is 0 Å². The molecule has 1 aromatic carbocycles. The molecule has 2 heteroatoms. The second kappa shape index (κ2) is 28.9. The van der Waals surface area contributed by atoms with Crippen molar-refractivity contribution in [1.82, 2.24) is 4.57 Å². The first-order valence-electron chi connectivity index (χ1n) is 20.0. The Hall–Kier alpha value is -1.57. The third kappa shape index (κ3) is 19.7. The molecule has 2 aromatic rings. The van der Waals surface area contributed by atoms with Crippen molar-refractivity contribution in [3.8, 4) is 5.69 Å². The van der Waals surface area contributed by atoms with E-state index < -0.39 is 0 Å². The predicted octanol–water partition coefficient (Wildman–Crippen LogP) is 13.7. The van der Waals surface area contributed by atoms with Crippen LogP contribution in [0.2, 0.25) is 0 Å². The monoisotopic (exact) mass is 608 g/mol. The third-order valence-electron chi connectivity index (χ3n) is 9.80. The van der Waals surface area contributed by atoms with Crippen LogP contribution in [-0.2, 0) is 13.0 Å². The largest absolute Gasteiger partial charge is 0.261 e. The van der Waals surface area contributed by atoms with Crippen molar-refractivity contribution in [2.45, 2.75) is 213 Å². The number of aryl methyl sites for hydroxylation is 1. The molecule has 1 aromatic heterocycles. The zero-order valence-corrected chi connectivity index (χ0v) is 29.9.